The van der Waals surface area contributed by atoms with Crippen molar-refractivity contribution in [1.29, 1.82) is 5.26 Å². The van der Waals surface area contributed by atoms with Gasteiger partial charge in [-0.3, -0.25) is 4.98 Å². The number of benzene rings is 2. The van der Waals surface area contributed by atoms with E-state index < -0.39 is 0 Å². The molecular formula is C21H14N4S. The number of hydrogen-bond donors (Lipinski definition) is 1. The van der Waals surface area contributed by atoms with Gasteiger partial charge in [0.15, 0.2) is 0 Å². The largest absolute Gasteiger partial charge is 0.360 e. The molecule has 0 spiro atoms. The van der Waals surface area contributed by atoms with E-state index >= 15 is 0 Å². The maximum Gasteiger partial charge on any atom is 0.136 e. The van der Waals surface area contributed by atoms with Crippen LogP contribution < -0.4 is 5.32 Å². The van der Waals surface area contributed by atoms with Gasteiger partial charge >= 0.3 is 0 Å². The zero-order chi connectivity index (χ0) is 17.8. The van der Waals surface area contributed by atoms with Crippen molar-refractivity contribution >= 4 is 33.5 Å². The van der Waals surface area contributed by atoms with Crippen LogP contribution in [0.4, 0.5) is 5.69 Å². The molecule has 0 aliphatic rings. The molecule has 4 nitrogen and oxygen atoms in total. The van der Waals surface area contributed by atoms with Crippen molar-refractivity contribution in [1.82, 2.24) is 9.97 Å². The lowest BCUT2D eigenvalue weighted by atomic mass is 10.2. The molecule has 2 aromatic carbocycles. The zero-order valence-corrected chi connectivity index (χ0v) is 14.6. The minimum atomic E-state index is 0.503. The normalized spacial score (nSPS) is 11.3. The van der Waals surface area contributed by atoms with E-state index in [1.165, 1.54) is 11.3 Å². The number of nitrogens with one attached hydrogen (secondary N) is 1. The van der Waals surface area contributed by atoms with E-state index in [4.69, 9.17) is 0 Å². The molecule has 0 unspecified atom stereocenters. The Morgan fingerprint density at radius 1 is 1.08 bits per heavy atom. The SMILES string of the molecule is N#C/C(=C\Nc1ccc2ncccc2c1)c1nc(-c2ccccc2)cs1. The third-order valence-corrected chi connectivity index (χ3v) is 4.79. The van der Waals surface area contributed by atoms with Gasteiger partial charge in [-0.25, -0.2) is 4.98 Å². The summed E-state index contributed by atoms with van der Waals surface area (Å²) in [5, 5.41) is 16.4. The van der Waals surface area contributed by atoms with Gasteiger partial charge in [0.25, 0.3) is 0 Å². The minimum absolute atomic E-state index is 0.503. The van der Waals surface area contributed by atoms with E-state index in [0.29, 0.717) is 10.6 Å². The lowest BCUT2D eigenvalue weighted by molar-refractivity contribution is 1.36. The molecule has 0 aliphatic carbocycles. The summed E-state index contributed by atoms with van der Waals surface area (Å²) in [5.41, 5.74) is 4.27. The first-order chi connectivity index (χ1) is 12.8. The number of aromatic nitrogens is 2. The van der Waals surface area contributed by atoms with Gasteiger partial charge in [-0.15, -0.1) is 11.3 Å². The Labute approximate surface area is 155 Å². The second kappa shape index (κ2) is 7.18. The van der Waals surface area contributed by atoms with E-state index in [1.807, 2.05) is 66.0 Å². The Bertz CT molecular complexity index is 1120. The molecule has 0 saturated carbocycles. The molecule has 4 rings (SSSR count). The minimum Gasteiger partial charge on any atom is -0.360 e. The Morgan fingerprint density at radius 2 is 1.96 bits per heavy atom. The fourth-order valence-corrected chi connectivity index (χ4v) is 3.40. The smallest absolute Gasteiger partial charge is 0.136 e. The average molecular weight is 354 g/mol. The lowest BCUT2D eigenvalue weighted by Gasteiger charge is -2.03. The summed E-state index contributed by atoms with van der Waals surface area (Å²) in [6.07, 6.45) is 3.47. The first-order valence-corrected chi connectivity index (χ1v) is 8.94. The van der Waals surface area contributed by atoms with Crippen LogP contribution in [0.5, 0.6) is 0 Å². The highest BCUT2D eigenvalue weighted by atomic mass is 32.1. The van der Waals surface area contributed by atoms with Gasteiger partial charge in [0.2, 0.25) is 0 Å². The summed E-state index contributed by atoms with van der Waals surface area (Å²) in [6, 6.07) is 22.0. The predicted octanol–water partition coefficient (Wildman–Crippen LogP) is 5.33. The summed E-state index contributed by atoms with van der Waals surface area (Å²) >= 11 is 1.46. The second-order valence-corrected chi connectivity index (χ2v) is 6.49. The van der Waals surface area contributed by atoms with E-state index in [1.54, 1.807) is 12.4 Å². The van der Waals surface area contributed by atoms with Crippen LogP contribution in [0.3, 0.4) is 0 Å². The van der Waals surface area contributed by atoms with Crippen LogP contribution in [-0.4, -0.2) is 9.97 Å². The standard InChI is InChI=1S/C21H14N4S/c22-12-17(21-25-20(14-26-21)15-5-2-1-3-6-15)13-24-18-8-9-19-16(11-18)7-4-10-23-19/h1-11,13-14,24H/b17-13+. The fourth-order valence-electron chi connectivity index (χ4n) is 2.60. The zero-order valence-electron chi connectivity index (χ0n) is 13.8. The fraction of sp³-hybridized carbons (Fsp3) is 0. The molecule has 26 heavy (non-hydrogen) atoms. The molecule has 4 aromatic rings. The maximum absolute atomic E-state index is 9.51. The molecule has 0 saturated heterocycles. The van der Waals surface area contributed by atoms with Crippen molar-refractivity contribution in [2.45, 2.75) is 0 Å². The Morgan fingerprint density at radius 3 is 2.81 bits per heavy atom. The van der Waals surface area contributed by atoms with Gasteiger partial charge in [-0.2, -0.15) is 5.26 Å². The lowest BCUT2D eigenvalue weighted by Crippen LogP contribution is -1.91. The number of allylic oxidation sites excluding steroid dienone is 1. The molecule has 0 aliphatic heterocycles. The Hall–Kier alpha value is -3.49. The van der Waals surface area contributed by atoms with Crippen LogP contribution in [-0.2, 0) is 0 Å². The number of fused-ring (bicyclic) bond motifs is 1. The van der Waals surface area contributed by atoms with Crippen LogP contribution in [0.1, 0.15) is 5.01 Å². The first kappa shape index (κ1) is 16.0. The van der Waals surface area contributed by atoms with Crippen LogP contribution in [0, 0.1) is 11.3 Å². The molecule has 0 radical (unpaired) electrons. The number of nitrogens with zero attached hydrogens (tertiary/aromatic N) is 3. The number of nitriles is 1. The molecule has 2 aromatic heterocycles. The number of thiazole rings is 1. The van der Waals surface area contributed by atoms with Crippen LogP contribution in [0.25, 0.3) is 27.7 Å². The highest BCUT2D eigenvalue weighted by Crippen LogP contribution is 2.26. The van der Waals surface area contributed by atoms with Gasteiger partial charge in [0.05, 0.1) is 11.2 Å². The number of pyridine rings is 1. The van der Waals surface area contributed by atoms with Crippen LogP contribution in [0.15, 0.2) is 78.4 Å². The second-order valence-electron chi connectivity index (χ2n) is 5.63. The maximum atomic E-state index is 9.51. The van der Waals surface area contributed by atoms with Crippen molar-refractivity contribution in [3.8, 4) is 17.3 Å². The van der Waals surface area contributed by atoms with Crippen molar-refractivity contribution in [2.24, 2.45) is 0 Å². The molecule has 1 N–H and O–H groups in total. The molecular weight excluding hydrogens is 340 g/mol. The summed E-state index contributed by atoms with van der Waals surface area (Å²) in [7, 11) is 0. The monoisotopic (exact) mass is 354 g/mol. The molecule has 0 fully saturated rings. The third kappa shape index (κ3) is 3.32. The van der Waals surface area contributed by atoms with Gasteiger partial charge in [0, 0.05) is 34.4 Å². The van der Waals surface area contributed by atoms with E-state index in [9.17, 15) is 5.26 Å². The average Bonchev–Trinajstić information content (AvgIpc) is 3.19. The quantitative estimate of drug-likeness (QED) is 0.503. The summed E-state index contributed by atoms with van der Waals surface area (Å²) in [5.74, 6) is 0. The molecule has 124 valence electrons. The van der Waals surface area contributed by atoms with E-state index in [0.717, 1.165) is 27.8 Å². The van der Waals surface area contributed by atoms with Crippen LogP contribution in [0.2, 0.25) is 0 Å². The molecule has 5 heteroatoms. The Kier molecular flexibility index (Phi) is 4.42. The predicted molar refractivity (Wildman–Crippen MR) is 107 cm³/mol. The highest BCUT2D eigenvalue weighted by Gasteiger charge is 2.08. The van der Waals surface area contributed by atoms with Crippen LogP contribution >= 0.6 is 11.3 Å². The molecule has 0 bridgehead atoms. The summed E-state index contributed by atoms with van der Waals surface area (Å²) < 4.78 is 0. The number of hydrogen-bond acceptors (Lipinski definition) is 5. The third-order valence-electron chi connectivity index (χ3n) is 3.91. The molecule has 0 atom stereocenters. The molecule has 2 heterocycles. The van der Waals surface area contributed by atoms with Gasteiger partial charge in [-0.1, -0.05) is 36.4 Å². The Balaban J connectivity index is 1.58. The van der Waals surface area contributed by atoms with E-state index in [-0.39, 0.29) is 0 Å². The summed E-state index contributed by atoms with van der Waals surface area (Å²) in [6.45, 7) is 0. The van der Waals surface area contributed by atoms with Crippen molar-refractivity contribution in [2.75, 3.05) is 5.32 Å². The first-order valence-electron chi connectivity index (χ1n) is 8.06. The highest BCUT2D eigenvalue weighted by molar-refractivity contribution is 7.11. The topological polar surface area (TPSA) is 61.6 Å². The molecule has 0 amide bonds. The van der Waals surface area contributed by atoms with Gasteiger partial charge in [0.1, 0.15) is 16.6 Å². The number of rotatable bonds is 4. The van der Waals surface area contributed by atoms with Crippen molar-refractivity contribution in [3.05, 3.63) is 83.4 Å². The van der Waals surface area contributed by atoms with E-state index in [2.05, 4.69) is 21.4 Å². The van der Waals surface area contributed by atoms with Gasteiger partial charge in [-0.05, 0) is 24.3 Å². The van der Waals surface area contributed by atoms with Gasteiger partial charge < -0.3 is 5.32 Å². The summed E-state index contributed by atoms with van der Waals surface area (Å²) in [4.78, 5) is 8.90. The van der Waals surface area contributed by atoms with Crippen molar-refractivity contribution < 1.29 is 0 Å². The number of anilines is 1. The van der Waals surface area contributed by atoms with Crippen molar-refractivity contribution in [3.63, 3.8) is 0 Å².